The van der Waals surface area contributed by atoms with Crippen LogP contribution < -0.4 is 20.3 Å². The Morgan fingerprint density at radius 1 is 1.04 bits per heavy atom. The SMILES string of the molecule is CCOCCOc1ccccc1NC(=O)CNc1ccc(N(C)C(C)=O)cc1. The Morgan fingerprint density at radius 3 is 2.43 bits per heavy atom. The van der Waals surface area contributed by atoms with Crippen molar-refractivity contribution in [2.75, 3.05) is 48.9 Å². The van der Waals surface area contributed by atoms with E-state index in [0.29, 0.717) is 31.3 Å². The summed E-state index contributed by atoms with van der Waals surface area (Å²) >= 11 is 0. The van der Waals surface area contributed by atoms with Crippen molar-refractivity contribution in [1.82, 2.24) is 0 Å². The van der Waals surface area contributed by atoms with Crippen LogP contribution in [0.4, 0.5) is 17.1 Å². The van der Waals surface area contributed by atoms with Gasteiger partial charge in [-0.05, 0) is 43.3 Å². The van der Waals surface area contributed by atoms with Crippen LogP contribution in [-0.4, -0.2) is 45.2 Å². The molecule has 0 aliphatic heterocycles. The standard InChI is InChI=1S/C21H27N3O4/c1-4-27-13-14-28-20-8-6-5-7-19(20)23-21(26)15-22-17-9-11-18(12-10-17)24(3)16(2)25/h5-12,22H,4,13-15H2,1-3H3,(H,23,26). The summed E-state index contributed by atoms with van der Waals surface area (Å²) in [6, 6.07) is 14.6. The molecule has 0 aliphatic carbocycles. The average molecular weight is 385 g/mol. The number of nitrogens with zero attached hydrogens (tertiary/aromatic N) is 1. The lowest BCUT2D eigenvalue weighted by Gasteiger charge is -2.16. The molecule has 0 atom stereocenters. The zero-order chi connectivity index (χ0) is 20.4. The number of nitrogens with one attached hydrogen (secondary N) is 2. The summed E-state index contributed by atoms with van der Waals surface area (Å²) in [5.74, 6) is 0.375. The van der Waals surface area contributed by atoms with E-state index < -0.39 is 0 Å². The lowest BCUT2D eigenvalue weighted by molar-refractivity contribution is -0.116. The molecular weight excluding hydrogens is 358 g/mol. The van der Waals surface area contributed by atoms with E-state index in [-0.39, 0.29) is 18.4 Å². The maximum atomic E-state index is 12.3. The van der Waals surface area contributed by atoms with E-state index in [4.69, 9.17) is 9.47 Å². The van der Waals surface area contributed by atoms with Crippen LogP contribution in [0.1, 0.15) is 13.8 Å². The molecule has 2 aromatic rings. The summed E-state index contributed by atoms with van der Waals surface area (Å²) < 4.78 is 10.9. The van der Waals surface area contributed by atoms with Gasteiger partial charge in [0.15, 0.2) is 0 Å². The second kappa shape index (κ2) is 10.9. The van der Waals surface area contributed by atoms with E-state index in [9.17, 15) is 9.59 Å². The number of hydrogen-bond donors (Lipinski definition) is 2. The largest absolute Gasteiger partial charge is 0.489 e. The minimum Gasteiger partial charge on any atom is -0.489 e. The van der Waals surface area contributed by atoms with E-state index >= 15 is 0 Å². The van der Waals surface area contributed by atoms with Crippen molar-refractivity contribution in [2.24, 2.45) is 0 Å². The fourth-order valence-electron chi connectivity index (χ4n) is 2.41. The average Bonchev–Trinajstić information content (AvgIpc) is 2.70. The first kappa shape index (κ1) is 21.2. The quantitative estimate of drug-likeness (QED) is 0.614. The summed E-state index contributed by atoms with van der Waals surface area (Å²) in [5.41, 5.74) is 2.20. The molecule has 7 nitrogen and oxygen atoms in total. The number of hydrogen-bond acceptors (Lipinski definition) is 5. The molecule has 2 rings (SSSR count). The summed E-state index contributed by atoms with van der Waals surface area (Å²) in [6.07, 6.45) is 0. The van der Waals surface area contributed by atoms with E-state index in [1.165, 1.54) is 6.92 Å². The van der Waals surface area contributed by atoms with Gasteiger partial charge in [0.25, 0.3) is 0 Å². The van der Waals surface area contributed by atoms with Crippen molar-refractivity contribution in [3.05, 3.63) is 48.5 Å². The number of ether oxygens (including phenoxy) is 2. The second-order valence-electron chi connectivity index (χ2n) is 6.07. The highest BCUT2D eigenvalue weighted by Crippen LogP contribution is 2.23. The summed E-state index contributed by atoms with van der Waals surface area (Å²) in [7, 11) is 1.71. The number of amides is 2. The van der Waals surface area contributed by atoms with Crippen LogP contribution in [-0.2, 0) is 14.3 Å². The van der Waals surface area contributed by atoms with Gasteiger partial charge in [-0.25, -0.2) is 0 Å². The molecule has 0 aliphatic rings. The lowest BCUT2D eigenvalue weighted by atomic mass is 10.2. The summed E-state index contributed by atoms with van der Waals surface area (Å²) in [6.45, 7) is 5.09. The third-order valence-electron chi connectivity index (χ3n) is 4.03. The number of carbonyl (C=O) groups is 2. The van der Waals surface area contributed by atoms with Crippen molar-refractivity contribution in [2.45, 2.75) is 13.8 Å². The Balaban J connectivity index is 1.86. The molecule has 0 aromatic heterocycles. The predicted octanol–water partition coefficient (Wildman–Crippen LogP) is 3.14. The van der Waals surface area contributed by atoms with Crippen LogP contribution in [0.3, 0.4) is 0 Å². The topological polar surface area (TPSA) is 79.9 Å². The molecule has 0 saturated heterocycles. The maximum absolute atomic E-state index is 12.3. The summed E-state index contributed by atoms with van der Waals surface area (Å²) in [4.78, 5) is 25.2. The highest BCUT2D eigenvalue weighted by molar-refractivity contribution is 5.95. The molecule has 28 heavy (non-hydrogen) atoms. The minimum atomic E-state index is -0.189. The van der Waals surface area contributed by atoms with Gasteiger partial charge < -0.3 is 25.0 Å². The zero-order valence-corrected chi connectivity index (χ0v) is 16.5. The van der Waals surface area contributed by atoms with E-state index in [2.05, 4.69) is 10.6 Å². The molecule has 2 amide bonds. The fraction of sp³-hybridized carbons (Fsp3) is 0.333. The molecule has 0 unspecified atom stereocenters. The Kier molecular flexibility index (Phi) is 8.30. The van der Waals surface area contributed by atoms with E-state index in [0.717, 1.165) is 11.4 Å². The van der Waals surface area contributed by atoms with Crippen LogP contribution >= 0.6 is 0 Å². The van der Waals surface area contributed by atoms with Crippen LogP contribution in [0, 0.1) is 0 Å². The summed E-state index contributed by atoms with van der Waals surface area (Å²) in [5, 5.41) is 5.91. The molecule has 2 N–H and O–H groups in total. The van der Waals surface area contributed by atoms with Gasteiger partial charge in [0.05, 0.1) is 18.8 Å². The Hall–Kier alpha value is -3.06. The maximum Gasteiger partial charge on any atom is 0.243 e. The number of benzene rings is 2. The monoisotopic (exact) mass is 385 g/mol. The van der Waals surface area contributed by atoms with Crippen LogP contribution in [0.2, 0.25) is 0 Å². The van der Waals surface area contributed by atoms with Crippen molar-refractivity contribution in [3.8, 4) is 5.75 Å². The van der Waals surface area contributed by atoms with Gasteiger partial charge in [-0.15, -0.1) is 0 Å². The van der Waals surface area contributed by atoms with Gasteiger partial charge in [0, 0.05) is 32.0 Å². The minimum absolute atomic E-state index is 0.0396. The molecule has 0 spiro atoms. The molecular formula is C21H27N3O4. The first-order valence-corrected chi connectivity index (χ1v) is 9.19. The van der Waals surface area contributed by atoms with Crippen molar-refractivity contribution in [3.63, 3.8) is 0 Å². The second-order valence-corrected chi connectivity index (χ2v) is 6.07. The molecule has 0 saturated carbocycles. The number of para-hydroxylation sites is 2. The molecule has 150 valence electrons. The van der Waals surface area contributed by atoms with Crippen LogP contribution in [0.5, 0.6) is 5.75 Å². The van der Waals surface area contributed by atoms with Crippen molar-refractivity contribution in [1.29, 1.82) is 0 Å². The van der Waals surface area contributed by atoms with E-state index in [1.807, 2.05) is 43.3 Å². The van der Waals surface area contributed by atoms with Crippen LogP contribution in [0.25, 0.3) is 0 Å². The number of anilines is 3. The van der Waals surface area contributed by atoms with Crippen molar-refractivity contribution < 1.29 is 19.1 Å². The molecule has 7 heteroatoms. The van der Waals surface area contributed by atoms with Crippen LogP contribution in [0.15, 0.2) is 48.5 Å². The third kappa shape index (κ3) is 6.59. The van der Waals surface area contributed by atoms with Gasteiger partial charge in [-0.1, -0.05) is 12.1 Å². The Labute approximate surface area is 165 Å². The van der Waals surface area contributed by atoms with Gasteiger partial charge in [0.1, 0.15) is 12.4 Å². The van der Waals surface area contributed by atoms with Gasteiger partial charge in [0.2, 0.25) is 11.8 Å². The Bertz CT molecular complexity index is 777. The smallest absolute Gasteiger partial charge is 0.243 e. The Morgan fingerprint density at radius 2 is 1.75 bits per heavy atom. The molecule has 0 bridgehead atoms. The first-order valence-electron chi connectivity index (χ1n) is 9.19. The highest BCUT2D eigenvalue weighted by Gasteiger charge is 2.08. The van der Waals surface area contributed by atoms with Gasteiger partial charge >= 0.3 is 0 Å². The van der Waals surface area contributed by atoms with Crippen molar-refractivity contribution >= 4 is 28.9 Å². The molecule has 0 fully saturated rings. The third-order valence-corrected chi connectivity index (χ3v) is 4.03. The fourth-order valence-corrected chi connectivity index (χ4v) is 2.41. The molecule has 0 radical (unpaired) electrons. The number of carbonyl (C=O) groups excluding carboxylic acids is 2. The highest BCUT2D eigenvalue weighted by atomic mass is 16.5. The molecule has 0 heterocycles. The normalized spacial score (nSPS) is 10.2. The first-order chi connectivity index (χ1) is 13.5. The van der Waals surface area contributed by atoms with E-state index in [1.54, 1.807) is 24.1 Å². The predicted molar refractivity (Wildman–Crippen MR) is 111 cm³/mol. The zero-order valence-electron chi connectivity index (χ0n) is 16.5. The molecule has 2 aromatic carbocycles. The number of rotatable bonds is 10. The van der Waals surface area contributed by atoms with Gasteiger partial charge in [-0.2, -0.15) is 0 Å². The lowest BCUT2D eigenvalue weighted by Crippen LogP contribution is -2.23. The van der Waals surface area contributed by atoms with Gasteiger partial charge in [-0.3, -0.25) is 9.59 Å².